The molecule has 0 saturated carbocycles. The summed E-state index contributed by atoms with van der Waals surface area (Å²) in [4.78, 5) is 0.270. The van der Waals surface area contributed by atoms with Crippen LogP contribution in [0.25, 0.3) is 0 Å². The van der Waals surface area contributed by atoms with Crippen molar-refractivity contribution in [2.75, 3.05) is 5.32 Å². The highest BCUT2D eigenvalue weighted by Gasteiger charge is 2.38. The molecule has 0 bridgehead atoms. The molecule has 1 heterocycles. The Labute approximate surface area is 159 Å². The van der Waals surface area contributed by atoms with Crippen LogP contribution in [0.5, 0.6) is 0 Å². The zero-order valence-corrected chi connectivity index (χ0v) is 16.4. The lowest BCUT2D eigenvalue weighted by Gasteiger charge is -2.22. The van der Waals surface area contributed by atoms with Crippen molar-refractivity contribution in [3.63, 3.8) is 0 Å². The van der Waals surface area contributed by atoms with Crippen molar-refractivity contribution in [2.45, 2.75) is 42.6 Å². The Morgan fingerprint density at radius 3 is 2.35 bits per heavy atom. The molecule has 0 amide bonds. The molecule has 3 rings (SSSR count). The highest BCUT2D eigenvalue weighted by atomic mass is 35.5. The largest absolute Gasteiger partial charge is 0.366 e. The Hall–Kier alpha value is -1.64. The Morgan fingerprint density at radius 1 is 1.04 bits per heavy atom. The van der Waals surface area contributed by atoms with Gasteiger partial charge in [0.2, 0.25) is 0 Å². The van der Waals surface area contributed by atoms with Crippen LogP contribution < -0.4 is 21.7 Å². The quantitative estimate of drug-likeness (QED) is 0.638. The van der Waals surface area contributed by atoms with Gasteiger partial charge in [-0.2, -0.15) is 5.53 Å². The number of benzene rings is 2. The number of halogens is 1. The van der Waals surface area contributed by atoms with Gasteiger partial charge in [-0.05, 0) is 41.3 Å². The monoisotopic (exact) mass is 394 g/mol. The summed E-state index contributed by atoms with van der Waals surface area (Å²) < 4.78 is 26.1. The van der Waals surface area contributed by atoms with Crippen molar-refractivity contribution in [1.82, 2.24) is 16.4 Å². The first-order valence-electron chi connectivity index (χ1n) is 8.30. The van der Waals surface area contributed by atoms with E-state index in [1.54, 1.807) is 30.3 Å². The molecule has 0 aliphatic carbocycles. The van der Waals surface area contributed by atoms with Crippen molar-refractivity contribution >= 4 is 27.1 Å². The van der Waals surface area contributed by atoms with E-state index in [9.17, 15) is 8.42 Å². The minimum atomic E-state index is -3.61. The molecular formula is C18H23ClN4O2S. The SMILES string of the molecule is CC(C)(C)c1ccc(S(=O)(=O)C2NNNC2Nc2cccc(Cl)c2)cc1. The smallest absolute Gasteiger partial charge is 0.198 e. The van der Waals surface area contributed by atoms with Crippen LogP contribution in [0.1, 0.15) is 26.3 Å². The molecular weight excluding hydrogens is 372 g/mol. The molecule has 26 heavy (non-hydrogen) atoms. The average Bonchev–Trinajstić information content (AvgIpc) is 3.03. The van der Waals surface area contributed by atoms with Gasteiger partial charge in [-0.25, -0.2) is 19.3 Å². The van der Waals surface area contributed by atoms with E-state index in [2.05, 4.69) is 42.5 Å². The molecule has 2 unspecified atom stereocenters. The number of hydrazine groups is 2. The van der Waals surface area contributed by atoms with E-state index in [-0.39, 0.29) is 10.3 Å². The second-order valence-electron chi connectivity index (χ2n) is 7.29. The zero-order chi connectivity index (χ0) is 18.9. The van der Waals surface area contributed by atoms with Gasteiger partial charge in [-0.15, -0.1) is 0 Å². The highest BCUT2D eigenvalue weighted by molar-refractivity contribution is 7.92. The van der Waals surface area contributed by atoms with Gasteiger partial charge in [0.15, 0.2) is 15.2 Å². The van der Waals surface area contributed by atoms with Crippen molar-refractivity contribution in [2.24, 2.45) is 0 Å². The van der Waals surface area contributed by atoms with E-state index in [1.165, 1.54) is 0 Å². The number of nitrogens with one attached hydrogen (secondary N) is 4. The maximum absolute atomic E-state index is 13.1. The second-order valence-corrected chi connectivity index (χ2v) is 9.79. The topological polar surface area (TPSA) is 82.3 Å². The van der Waals surface area contributed by atoms with Gasteiger partial charge in [0, 0.05) is 10.7 Å². The van der Waals surface area contributed by atoms with Gasteiger partial charge >= 0.3 is 0 Å². The molecule has 1 aliphatic heterocycles. The van der Waals surface area contributed by atoms with Crippen molar-refractivity contribution in [3.05, 3.63) is 59.1 Å². The van der Waals surface area contributed by atoms with Crippen LogP contribution in [-0.4, -0.2) is 20.0 Å². The minimum Gasteiger partial charge on any atom is -0.366 e. The van der Waals surface area contributed by atoms with Crippen LogP contribution in [0, 0.1) is 0 Å². The Morgan fingerprint density at radius 2 is 1.73 bits per heavy atom. The van der Waals surface area contributed by atoms with E-state index >= 15 is 0 Å². The van der Waals surface area contributed by atoms with E-state index in [0.717, 1.165) is 11.3 Å². The van der Waals surface area contributed by atoms with Gasteiger partial charge in [0.05, 0.1) is 4.90 Å². The van der Waals surface area contributed by atoms with E-state index in [1.807, 2.05) is 18.2 Å². The maximum Gasteiger partial charge on any atom is 0.198 e. The molecule has 4 N–H and O–H groups in total. The van der Waals surface area contributed by atoms with Crippen molar-refractivity contribution in [1.29, 1.82) is 0 Å². The van der Waals surface area contributed by atoms with Crippen molar-refractivity contribution < 1.29 is 8.42 Å². The molecule has 2 aromatic rings. The molecule has 0 radical (unpaired) electrons. The van der Waals surface area contributed by atoms with Crippen LogP contribution >= 0.6 is 11.6 Å². The Kier molecular flexibility index (Phi) is 5.28. The van der Waals surface area contributed by atoms with Crippen LogP contribution in [0.2, 0.25) is 5.02 Å². The molecule has 6 nitrogen and oxygen atoms in total. The van der Waals surface area contributed by atoms with Gasteiger partial charge in [-0.3, -0.25) is 0 Å². The van der Waals surface area contributed by atoms with Crippen LogP contribution in [-0.2, 0) is 15.3 Å². The first-order valence-corrected chi connectivity index (χ1v) is 10.2. The maximum atomic E-state index is 13.1. The van der Waals surface area contributed by atoms with Gasteiger partial charge < -0.3 is 5.32 Å². The summed E-state index contributed by atoms with van der Waals surface area (Å²) >= 11 is 5.99. The molecule has 1 fully saturated rings. The minimum absolute atomic E-state index is 0.0340. The third-order valence-corrected chi connectivity index (χ3v) is 6.50. The molecule has 1 aliphatic rings. The molecule has 1 saturated heterocycles. The predicted octanol–water partition coefficient (Wildman–Crippen LogP) is 2.79. The fourth-order valence-electron chi connectivity index (χ4n) is 2.77. The number of sulfone groups is 1. The highest BCUT2D eigenvalue weighted by Crippen LogP contribution is 2.26. The first kappa shape index (κ1) is 19.1. The van der Waals surface area contributed by atoms with Crippen LogP contribution in [0.3, 0.4) is 0 Å². The second kappa shape index (κ2) is 7.17. The number of hydrogen-bond donors (Lipinski definition) is 4. The first-order chi connectivity index (χ1) is 12.2. The summed E-state index contributed by atoms with van der Waals surface area (Å²) in [6.45, 7) is 6.27. The van der Waals surface area contributed by atoms with Gasteiger partial charge in [-0.1, -0.05) is 50.6 Å². The Balaban J connectivity index is 1.83. The third kappa shape index (κ3) is 4.02. The van der Waals surface area contributed by atoms with E-state index in [4.69, 9.17) is 11.6 Å². The molecule has 0 spiro atoms. The fraction of sp³-hybridized carbons (Fsp3) is 0.333. The number of hydrogen-bond acceptors (Lipinski definition) is 6. The fourth-order valence-corrected chi connectivity index (χ4v) is 4.47. The summed E-state index contributed by atoms with van der Waals surface area (Å²) in [5.41, 5.74) is 10.1. The zero-order valence-electron chi connectivity index (χ0n) is 14.9. The Bertz CT molecular complexity index is 879. The summed E-state index contributed by atoms with van der Waals surface area (Å²) in [6, 6.07) is 14.2. The lowest BCUT2D eigenvalue weighted by molar-refractivity contribution is 0.553. The normalized spacial score (nSPS) is 20.9. The lowest BCUT2D eigenvalue weighted by atomic mass is 9.87. The predicted molar refractivity (Wildman–Crippen MR) is 104 cm³/mol. The molecule has 0 aromatic heterocycles. The van der Waals surface area contributed by atoms with Crippen LogP contribution in [0.15, 0.2) is 53.4 Å². The third-order valence-electron chi connectivity index (χ3n) is 4.27. The van der Waals surface area contributed by atoms with E-state index in [0.29, 0.717) is 5.02 Å². The standard InChI is InChI=1S/C18H23ClN4O2S/c1-18(2,3)12-7-9-15(10-8-12)26(24,25)17-16(21-23-22-17)20-14-6-4-5-13(19)11-14/h4-11,16-17,20-23H,1-3H3. The summed E-state index contributed by atoms with van der Waals surface area (Å²) in [7, 11) is -3.61. The van der Waals surface area contributed by atoms with E-state index < -0.39 is 21.4 Å². The molecule has 2 atom stereocenters. The number of anilines is 1. The average molecular weight is 395 g/mol. The summed E-state index contributed by atoms with van der Waals surface area (Å²) in [6.07, 6.45) is -0.569. The molecule has 2 aromatic carbocycles. The van der Waals surface area contributed by atoms with Crippen LogP contribution in [0.4, 0.5) is 5.69 Å². The lowest BCUT2D eigenvalue weighted by Crippen LogP contribution is -2.45. The summed E-state index contributed by atoms with van der Waals surface area (Å²) in [5.74, 6) is 0. The van der Waals surface area contributed by atoms with Gasteiger partial charge in [0.25, 0.3) is 0 Å². The molecule has 140 valence electrons. The van der Waals surface area contributed by atoms with Crippen molar-refractivity contribution in [3.8, 4) is 0 Å². The summed E-state index contributed by atoms with van der Waals surface area (Å²) in [5, 5.41) is 2.83. The number of rotatable bonds is 4. The van der Waals surface area contributed by atoms with Gasteiger partial charge in [0.1, 0.15) is 6.17 Å². The molecule has 8 heteroatoms.